The van der Waals surface area contributed by atoms with Crippen LogP contribution in [0.15, 0.2) is 12.7 Å². The zero-order valence-electron chi connectivity index (χ0n) is 17.6. The van der Waals surface area contributed by atoms with Gasteiger partial charge in [0.15, 0.2) is 12.1 Å². The van der Waals surface area contributed by atoms with Gasteiger partial charge in [-0.05, 0) is 25.7 Å². The average molecular weight is 400 g/mol. The lowest BCUT2D eigenvalue weighted by Gasteiger charge is -2.51. The van der Waals surface area contributed by atoms with Crippen LogP contribution < -0.4 is 5.11 Å². The minimum atomic E-state index is -1.38. The van der Waals surface area contributed by atoms with Crippen molar-refractivity contribution in [3.63, 3.8) is 0 Å². The monoisotopic (exact) mass is 399 g/mol. The largest absolute Gasteiger partial charge is 0.544 e. The van der Waals surface area contributed by atoms with Gasteiger partial charge in [0.05, 0.1) is 12.5 Å². The second-order valence-corrected chi connectivity index (χ2v) is 7.33. The van der Waals surface area contributed by atoms with Crippen LogP contribution >= 0.6 is 0 Å². The third kappa shape index (κ3) is 6.62. The molecular weight excluding hydrogens is 362 g/mol. The molecule has 0 aliphatic heterocycles. The van der Waals surface area contributed by atoms with E-state index >= 15 is 0 Å². The van der Waals surface area contributed by atoms with E-state index in [2.05, 4.69) is 6.58 Å². The zero-order chi connectivity index (χ0) is 21.7. The highest BCUT2D eigenvalue weighted by atomic mass is 16.4. The molecule has 0 aliphatic rings. The maximum absolute atomic E-state index is 12.0. The molecule has 0 aromatic rings. The van der Waals surface area contributed by atoms with E-state index in [1.54, 1.807) is 20.8 Å². The summed E-state index contributed by atoms with van der Waals surface area (Å²) in [5.74, 6) is -3.70. The number of carboxylic acids is 3. The normalized spacial score (nSPS) is 16.5. The van der Waals surface area contributed by atoms with Gasteiger partial charge < -0.3 is 20.1 Å². The maximum Gasteiger partial charge on any atom is 0.362 e. The summed E-state index contributed by atoms with van der Waals surface area (Å²) in [7, 11) is 0. The molecule has 162 valence electrons. The lowest BCUT2D eigenvalue weighted by molar-refractivity contribution is -0.974. The average Bonchev–Trinajstić information content (AvgIpc) is 2.61. The number of nitrogens with zero attached hydrogens (tertiary/aromatic N) is 1. The van der Waals surface area contributed by atoms with E-state index < -0.39 is 40.5 Å². The highest BCUT2D eigenvalue weighted by Gasteiger charge is 2.53. The number of carboxylic acid groups (broad SMARTS) is 3. The van der Waals surface area contributed by atoms with Crippen LogP contribution in [0, 0.1) is 0 Å². The molecule has 0 aromatic heterocycles. The number of carbonyl (C=O) groups is 3. The van der Waals surface area contributed by atoms with Crippen LogP contribution in [0.4, 0.5) is 0 Å². The number of unbranched alkanes of at least 4 members (excludes halogenated alkanes) is 5. The Kier molecular flexibility index (Phi) is 12.4. The summed E-state index contributed by atoms with van der Waals surface area (Å²) < 4.78 is -0.483. The Morgan fingerprint density at radius 1 is 0.857 bits per heavy atom. The lowest BCUT2D eigenvalue weighted by atomic mass is 9.94. The quantitative estimate of drug-likeness (QED) is 0.221. The first kappa shape index (κ1) is 26.1. The van der Waals surface area contributed by atoms with Gasteiger partial charge in [-0.25, -0.2) is 9.59 Å². The molecule has 0 spiro atoms. The number of carbonyl (C=O) groups excluding carboxylic acids is 1. The number of hydrogen-bond acceptors (Lipinski definition) is 4. The van der Waals surface area contributed by atoms with E-state index in [-0.39, 0.29) is 25.8 Å². The molecular formula is C21H37NO6. The smallest absolute Gasteiger partial charge is 0.362 e. The molecule has 0 rings (SSSR count). The van der Waals surface area contributed by atoms with E-state index in [1.165, 1.54) is 0 Å². The van der Waals surface area contributed by atoms with Crippen molar-refractivity contribution >= 4 is 17.9 Å². The summed E-state index contributed by atoms with van der Waals surface area (Å²) >= 11 is 0. The summed E-state index contributed by atoms with van der Waals surface area (Å²) in [6, 6.07) is -3.39. The molecule has 0 aliphatic carbocycles. The summed E-state index contributed by atoms with van der Waals surface area (Å²) in [6.07, 6.45) is 7.58. The van der Waals surface area contributed by atoms with Crippen LogP contribution in [0.1, 0.15) is 78.6 Å². The van der Waals surface area contributed by atoms with Gasteiger partial charge in [-0.1, -0.05) is 39.7 Å². The minimum Gasteiger partial charge on any atom is -0.544 e. The van der Waals surface area contributed by atoms with Crippen molar-refractivity contribution in [2.75, 3.05) is 6.54 Å². The molecule has 7 nitrogen and oxygen atoms in total. The van der Waals surface area contributed by atoms with Gasteiger partial charge in [-0.2, -0.15) is 0 Å². The first-order chi connectivity index (χ1) is 13.2. The van der Waals surface area contributed by atoms with Crippen molar-refractivity contribution in [1.29, 1.82) is 0 Å². The third-order valence-electron chi connectivity index (χ3n) is 5.70. The van der Waals surface area contributed by atoms with Crippen LogP contribution in [0.3, 0.4) is 0 Å². The topological polar surface area (TPSA) is 115 Å². The van der Waals surface area contributed by atoms with E-state index in [9.17, 15) is 29.7 Å². The van der Waals surface area contributed by atoms with Gasteiger partial charge >= 0.3 is 11.9 Å². The Morgan fingerprint density at radius 2 is 1.29 bits per heavy atom. The highest BCUT2D eigenvalue weighted by Crippen LogP contribution is 2.32. The molecule has 0 amide bonds. The first-order valence-corrected chi connectivity index (χ1v) is 10.4. The number of hydrogen-bond donors (Lipinski definition) is 2. The summed E-state index contributed by atoms with van der Waals surface area (Å²) in [4.78, 5) is 36.0. The van der Waals surface area contributed by atoms with Gasteiger partial charge in [-0.15, -0.1) is 6.58 Å². The minimum absolute atomic E-state index is 0.120. The van der Waals surface area contributed by atoms with Crippen molar-refractivity contribution in [2.45, 2.75) is 96.7 Å². The van der Waals surface area contributed by atoms with Gasteiger partial charge in [-0.3, -0.25) is 4.48 Å². The number of aliphatic carboxylic acids is 3. The summed E-state index contributed by atoms with van der Waals surface area (Å²) in [5, 5.41) is 31.6. The Morgan fingerprint density at radius 3 is 1.64 bits per heavy atom. The molecule has 0 aromatic carbocycles. The molecule has 0 saturated heterocycles. The number of quaternary nitrogens is 1. The fourth-order valence-corrected chi connectivity index (χ4v) is 4.47. The van der Waals surface area contributed by atoms with E-state index in [0.717, 1.165) is 32.1 Å². The fraction of sp³-hybridized carbons (Fsp3) is 0.762. The van der Waals surface area contributed by atoms with Gasteiger partial charge in [0.2, 0.25) is 0 Å². The van der Waals surface area contributed by atoms with Crippen molar-refractivity contribution in [1.82, 2.24) is 0 Å². The molecule has 0 saturated carbocycles. The Labute approximate surface area is 168 Å². The molecule has 0 radical (unpaired) electrons. The first-order valence-electron chi connectivity index (χ1n) is 10.4. The SMILES string of the molecule is C=CCCCCCCC[N+](C(CC)C(=O)[O-])(C(CC)C(=O)O)C(CC)C(=O)O. The predicted octanol–water partition coefficient (Wildman–Crippen LogP) is 2.58. The molecule has 3 unspecified atom stereocenters. The Bertz CT molecular complexity index is 464. The molecule has 3 atom stereocenters. The van der Waals surface area contributed by atoms with Crippen LogP contribution in [0.5, 0.6) is 0 Å². The molecule has 0 heterocycles. The van der Waals surface area contributed by atoms with Crippen molar-refractivity contribution in [3.8, 4) is 0 Å². The van der Waals surface area contributed by atoms with Gasteiger partial charge in [0.25, 0.3) is 0 Å². The lowest BCUT2D eigenvalue weighted by Crippen LogP contribution is -2.73. The summed E-state index contributed by atoms with van der Waals surface area (Å²) in [6.45, 7) is 8.86. The Balaban J connectivity index is 5.89. The maximum atomic E-state index is 12.0. The fourth-order valence-electron chi connectivity index (χ4n) is 4.47. The molecule has 28 heavy (non-hydrogen) atoms. The van der Waals surface area contributed by atoms with Crippen molar-refractivity contribution < 1.29 is 34.2 Å². The van der Waals surface area contributed by atoms with E-state index in [1.807, 2.05) is 6.08 Å². The second-order valence-electron chi connectivity index (χ2n) is 7.33. The third-order valence-corrected chi connectivity index (χ3v) is 5.70. The van der Waals surface area contributed by atoms with E-state index in [0.29, 0.717) is 6.42 Å². The summed E-state index contributed by atoms with van der Waals surface area (Å²) in [5.41, 5.74) is 0. The molecule has 2 N–H and O–H groups in total. The van der Waals surface area contributed by atoms with Crippen LogP contribution in [0.25, 0.3) is 0 Å². The Hall–Kier alpha value is -1.89. The highest BCUT2D eigenvalue weighted by molar-refractivity contribution is 5.77. The predicted molar refractivity (Wildman–Crippen MR) is 106 cm³/mol. The molecule has 0 bridgehead atoms. The second kappa shape index (κ2) is 13.3. The van der Waals surface area contributed by atoms with Crippen molar-refractivity contribution in [2.24, 2.45) is 0 Å². The molecule has 0 fully saturated rings. The van der Waals surface area contributed by atoms with Crippen LogP contribution in [0.2, 0.25) is 0 Å². The van der Waals surface area contributed by atoms with Crippen LogP contribution in [-0.2, 0) is 14.4 Å². The van der Waals surface area contributed by atoms with Crippen LogP contribution in [-0.4, -0.2) is 57.3 Å². The van der Waals surface area contributed by atoms with Crippen molar-refractivity contribution in [3.05, 3.63) is 12.7 Å². The molecule has 7 heteroatoms. The number of allylic oxidation sites excluding steroid dienone is 1. The zero-order valence-corrected chi connectivity index (χ0v) is 17.6. The van der Waals surface area contributed by atoms with Gasteiger partial charge in [0.1, 0.15) is 6.04 Å². The number of rotatable bonds is 17. The van der Waals surface area contributed by atoms with Gasteiger partial charge in [0, 0.05) is 19.3 Å². The standard InChI is InChI=1S/C21H37NO6/c1-5-9-10-11-12-13-14-15-22(16(6-2)19(23)24,17(7-3)20(25)26)18(8-4)21(27)28/h5,16-18H,1,6-15H2,2-4H3,(H2-,23,24,25,26,27,28). The van der Waals surface area contributed by atoms with E-state index in [4.69, 9.17) is 0 Å².